The predicted molar refractivity (Wildman–Crippen MR) is 206 cm³/mol. The fourth-order valence-corrected chi connectivity index (χ4v) is 7.02. The highest BCUT2D eigenvalue weighted by atomic mass is 16.5. The van der Waals surface area contributed by atoms with Crippen LogP contribution in [0.2, 0.25) is 0 Å². The molecule has 1 N–H and O–H groups in total. The second kappa shape index (κ2) is 17.1. The van der Waals surface area contributed by atoms with Crippen molar-refractivity contribution in [2.24, 2.45) is 5.92 Å². The SMILES string of the molecule is CCCCC(=O)N(Cc1ccc(-c2ccccc2)c(-c2nnnn2C(c2ccccc2)(c2ccccc2)c2ccccc2)c1)[C@@H](OCC(=O)O)C(C)C. The van der Waals surface area contributed by atoms with Crippen molar-refractivity contribution >= 4 is 11.9 Å². The van der Waals surface area contributed by atoms with Crippen LogP contribution in [0.1, 0.15) is 62.3 Å². The first-order chi connectivity index (χ1) is 25.8. The number of unbranched alkanes of at least 4 members (excludes halogenated alkanes) is 1. The summed E-state index contributed by atoms with van der Waals surface area (Å²) in [6.07, 6.45) is 1.16. The predicted octanol–water partition coefficient (Wildman–Crippen LogP) is 8.45. The molecule has 0 saturated carbocycles. The smallest absolute Gasteiger partial charge is 0.329 e. The van der Waals surface area contributed by atoms with Gasteiger partial charge in [-0.3, -0.25) is 4.79 Å². The van der Waals surface area contributed by atoms with Gasteiger partial charge in [0.1, 0.15) is 18.4 Å². The van der Waals surface area contributed by atoms with Gasteiger partial charge in [-0.2, -0.15) is 0 Å². The van der Waals surface area contributed by atoms with Crippen molar-refractivity contribution in [3.05, 3.63) is 162 Å². The topological polar surface area (TPSA) is 110 Å². The number of hydrogen-bond donors (Lipinski definition) is 1. The lowest BCUT2D eigenvalue weighted by Gasteiger charge is -2.36. The van der Waals surface area contributed by atoms with Crippen molar-refractivity contribution in [2.45, 2.75) is 58.3 Å². The largest absolute Gasteiger partial charge is 0.480 e. The van der Waals surface area contributed by atoms with Crippen LogP contribution in [0.5, 0.6) is 0 Å². The first-order valence-electron chi connectivity index (χ1n) is 18.1. The summed E-state index contributed by atoms with van der Waals surface area (Å²) in [7, 11) is 0. The number of carboxylic acid groups (broad SMARTS) is 1. The Labute approximate surface area is 310 Å². The normalized spacial score (nSPS) is 12.1. The second-order valence-corrected chi connectivity index (χ2v) is 13.4. The number of carboxylic acids is 1. The molecule has 1 atom stereocenters. The van der Waals surface area contributed by atoms with Crippen molar-refractivity contribution < 1.29 is 19.4 Å². The van der Waals surface area contributed by atoms with E-state index >= 15 is 0 Å². The number of aliphatic carboxylic acids is 1. The van der Waals surface area contributed by atoms with E-state index in [4.69, 9.17) is 15.0 Å². The molecule has 0 spiro atoms. The molecule has 1 heterocycles. The van der Waals surface area contributed by atoms with Crippen LogP contribution >= 0.6 is 0 Å². The number of nitrogens with zero attached hydrogens (tertiary/aromatic N) is 5. The minimum Gasteiger partial charge on any atom is -0.480 e. The number of tetrazole rings is 1. The first-order valence-corrected chi connectivity index (χ1v) is 18.1. The van der Waals surface area contributed by atoms with Crippen molar-refractivity contribution in [1.29, 1.82) is 0 Å². The molecule has 1 amide bonds. The number of ether oxygens (including phenoxy) is 1. The average molecular weight is 708 g/mol. The third-order valence-corrected chi connectivity index (χ3v) is 9.44. The average Bonchev–Trinajstić information content (AvgIpc) is 3.68. The fourth-order valence-electron chi connectivity index (χ4n) is 7.02. The lowest BCUT2D eigenvalue weighted by molar-refractivity contribution is -0.164. The van der Waals surface area contributed by atoms with E-state index in [0.717, 1.165) is 45.4 Å². The van der Waals surface area contributed by atoms with Gasteiger partial charge in [0.15, 0.2) is 5.82 Å². The second-order valence-electron chi connectivity index (χ2n) is 13.4. The maximum absolute atomic E-state index is 13.8. The van der Waals surface area contributed by atoms with Crippen molar-refractivity contribution in [3.8, 4) is 22.5 Å². The number of carbonyl (C=O) groups excluding carboxylic acids is 1. The molecule has 0 aliphatic rings. The number of hydrogen-bond acceptors (Lipinski definition) is 6. The third kappa shape index (κ3) is 7.95. The molecule has 1 aromatic heterocycles. The van der Waals surface area contributed by atoms with Gasteiger partial charge in [-0.15, -0.1) is 5.10 Å². The molecular weight excluding hydrogens is 663 g/mol. The van der Waals surface area contributed by atoms with E-state index in [1.807, 2.05) is 116 Å². The lowest BCUT2D eigenvalue weighted by atomic mass is 9.77. The third-order valence-electron chi connectivity index (χ3n) is 9.44. The molecule has 0 bridgehead atoms. The van der Waals surface area contributed by atoms with Gasteiger partial charge in [-0.1, -0.05) is 161 Å². The number of aromatic nitrogens is 4. The summed E-state index contributed by atoms with van der Waals surface area (Å²) in [5, 5.41) is 23.4. The quantitative estimate of drug-likeness (QED) is 0.0794. The summed E-state index contributed by atoms with van der Waals surface area (Å²) in [5.74, 6) is -0.797. The zero-order valence-corrected chi connectivity index (χ0v) is 30.4. The van der Waals surface area contributed by atoms with Crippen LogP contribution in [-0.2, 0) is 26.4 Å². The van der Waals surface area contributed by atoms with E-state index in [9.17, 15) is 14.7 Å². The molecule has 270 valence electrons. The van der Waals surface area contributed by atoms with Crippen LogP contribution in [0, 0.1) is 5.92 Å². The van der Waals surface area contributed by atoms with Crippen LogP contribution in [0.15, 0.2) is 140 Å². The molecule has 0 aliphatic carbocycles. The lowest BCUT2D eigenvalue weighted by Crippen LogP contribution is -2.45. The molecule has 0 aliphatic heterocycles. The van der Waals surface area contributed by atoms with Crippen LogP contribution in [-0.4, -0.2) is 54.9 Å². The van der Waals surface area contributed by atoms with Gasteiger partial charge in [0.25, 0.3) is 0 Å². The van der Waals surface area contributed by atoms with Crippen LogP contribution < -0.4 is 0 Å². The molecule has 0 radical (unpaired) electrons. The van der Waals surface area contributed by atoms with Gasteiger partial charge in [0.2, 0.25) is 5.91 Å². The maximum Gasteiger partial charge on any atom is 0.329 e. The van der Waals surface area contributed by atoms with Gasteiger partial charge in [-0.05, 0) is 62.2 Å². The minimum absolute atomic E-state index is 0.0919. The summed E-state index contributed by atoms with van der Waals surface area (Å²) in [6, 6.07) is 46.9. The summed E-state index contributed by atoms with van der Waals surface area (Å²) in [5.41, 5.74) is 5.47. The van der Waals surface area contributed by atoms with E-state index in [1.165, 1.54) is 0 Å². The Kier molecular flexibility index (Phi) is 11.9. The maximum atomic E-state index is 13.8. The molecule has 5 aromatic carbocycles. The van der Waals surface area contributed by atoms with Crippen molar-refractivity contribution in [3.63, 3.8) is 0 Å². The summed E-state index contributed by atoms with van der Waals surface area (Å²) in [4.78, 5) is 27.1. The minimum atomic E-state index is -1.09. The Balaban J connectivity index is 1.58. The standard InChI is InChI=1S/C44H45N5O4/c1-4-5-26-40(50)48(43(32(2)3)53-31-41(51)52)30-33-27-28-38(34-18-10-6-11-19-34)39(29-33)42-45-46-47-49(42)44(35-20-12-7-13-21-35,36-22-14-8-15-23-36)37-24-16-9-17-25-37/h6-25,27-29,32,43H,4-5,26,30-31H2,1-3H3,(H,51,52)/t43-/m0/s1. The Morgan fingerprint density at radius 1 is 0.774 bits per heavy atom. The molecule has 9 nitrogen and oxygen atoms in total. The van der Waals surface area contributed by atoms with E-state index in [1.54, 1.807) is 4.90 Å². The van der Waals surface area contributed by atoms with E-state index in [2.05, 4.69) is 53.7 Å². The first kappa shape index (κ1) is 36.8. The van der Waals surface area contributed by atoms with Crippen molar-refractivity contribution in [2.75, 3.05) is 6.61 Å². The number of rotatable bonds is 16. The summed E-state index contributed by atoms with van der Waals surface area (Å²) >= 11 is 0. The van der Waals surface area contributed by atoms with Gasteiger partial charge in [-0.25, -0.2) is 9.48 Å². The van der Waals surface area contributed by atoms with Gasteiger partial charge in [0, 0.05) is 18.5 Å². The summed E-state index contributed by atoms with van der Waals surface area (Å²) in [6.45, 7) is 5.60. The van der Waals surface area contributed by atoms with Crippen LogP contribution in [0.3, 0.4) is 0 Å². The fraction of sp³-hybridized carbons (Fsp3) is 0.250. The highest BCUT2D eigenvalue weighted by molar-refractivity contribution is 5.82. The van der Waals surface area contributed by atoms with Crippen LogP contribution in [0.4, 0.5) is 0 Å². The van der Waals surface area contributed by atoms with E-state index < -0.39 is 24.3 Å². The molecule has 53 heavy (non-hydrogen) atoms. The van der Waals surface area contributed by atoms with Crippen LogP contribution in [0.25, 0.3) is 22.5 Å². The number of benzene rings is 5. The van der Waals surface area contributed by atoms with Crippen molar-refractivity contribution in [1.82, 2.24) is 25.1 Å². The van der Waals surface area contributed by atoms with Gasteiger partial charge < -0.3 is 14.7 Å². The molecule has 0 saturated heterocycles. The zero-order chi connectivity index (χ0) is 37.2. The molecule has 6 rings (SSSR count). The monoisotopic (exact) mass is 707 g/mol. The summed E-state index contributed by atoms with van der Waals surface area (Å²) < 4.78 is 7.79. The highest BCUT2D eigenvalue weighted by Crippen LogP contribution is 2.43. The number of amides is 1. The van der Waals surface area contributed by atoms with E-state index in [0.29, 0.717) is 18.7 Å². The molecule has 0 unspecified atom stereocenters. The number of carbonyl (C=O) groups is 2. The molecule has 0 fully saturated rings. The highest BCUT2D eigenvalue weighted by Gasteiger charge is 2.42. The molecule has 9 heteroatoms. The van der Waals surface area contributed by atoms with Gasteiger partial charge in [0.05, 0.1) is 0 Å². The van der Waals surface area contributed by atoms with Gasteiger partial charge >= 0.3 is 5.97 Å². The molecule has 6 aromatic rings. The Bertz CT molecular complexity index is 1990. The Morgan fingerprint density at radius 2 is 1.32 bits per heavy atom. The zero-order valence-electron chi connectivity index (χ0n) is 30.4. The Morgan fingerprint density at radius 3 is 1.83 bits per heavy atom. The molecular formula is C44H45N5O4. The van der Waals surface area contributed by atoms with E-state index in [-0.39, 0.29) is 18.4 Å². The Hall–Kier alpha value is -5.93.